The minimum Gasteiger partial charge on any atom is -0.481 e. The van der Waals surface area contributed by atoms with Gasteiger partial charge in [-0.1, -0.05) is 36.8 Å². The number of nitrogens with zero attached hydrogens (tertiary/aromatic N) is 2. The lowest BCUT2D eigenvalue weighted by molar-refractivity contribution is -0.136. The van der Waals surface area contributed by atoms with Crippen molar-refractivity contribution in [3.63, 3.8) is 0 Å². The van der Waals surface area contributed by atoms with Crippen molar-refractivity contribution in [2.45, 2.75) is 31.7 Å². The predicted molar refractivity (Wildman–Crippen MR) is 90.0 cm³/mol. The lowest BCUT2D eigenvalue weighted by Gasteiger charge is -2.21. The number of rotatable bonds is 3. The quantitative estimate of drug-likeness (QED) is 0.806. The molecule has 0 radical (unpaired) electrons. The number of carbonyl (C=O) groups is 1. The molecule has 23 heavy (non-hydrogen) atoms. The minimum atomic E-state index is -0.786. The summed E-state index contributed by atoms with van der Waals surface area (Å²) in [6, 6.07) is 11.5. The molecule has 1 aliphatic heterocycles. The Morgan fingerprint density at radius 2 is 2.13 bits per heavy atom. The second kappa shape index (κ2) is 8.33. The van der Waals surface area contributed by atoms with E-state index in [1.165, 1.54) is 19.3 Å². The monoisotopic (exact) mass is 316 g/mol. The number of hydrogen-bond donors (Lipinski definition) is 3. The van der Waals surface area contributed by atoms with Crippen LogP contribution in [-0.4, -0.2) is 27.4 Å². The summed E-state index contributed by atoms with van der Waals surface area (Å²) < 4.78 is 1.73. The Kier molecular flexibility index (Phi) is 6.17. The molecule has 1 aliphatic rings. The molecule has 6 heteroatoms. The second-order valence-corrected chi connectivity index (χ2v) is 5.68. The van der Waals surface area contributed by atoms with Gasteiger partial charge in [0.25, 0.3) is 0 Å². The molecule has 2 aromatic rings. The summed E-state index contributed by atoms with van der Waals surface area (Å²) in [7, 11) is 1.88. The van der Waals surface area contributed by atoms with Gasteiger partial charge in [-0.05, 0) is 24.9 Å². The van der Waals surface area contributed by atoms with Crippen molar-refractivity contribution in [2.24, 2.45) is 7.05 Å². The van der Waals surface area contributed by atoms with E-state index in [2.05, 4.69) is 10.4 Å². The average Bonchev–Trinajstić information content (AvgIpc) is 2.89. The number of hydrogen-bond acceptors (Lipinski definition) is 4. The topological polar surface area (TPSA) is 93.2 Å². The second-order valence-electron chi connectivity index (χ2n) is 5.68. The van der Waals surface area contributed by atoms with Crippen LogP contribution in [0.15, 0.2) is 36.4 Å². The Balaban J connectivity index is 0.000000174. The third-order valence-corrected chi connectivity index (χ3v) is 3.80. The zero-order valence-corrected chi connectivity index (χ0v) is 13.4. The Morgan fingerprint density at radius 1 is 1.39 bits per heavy atom. The first-order chi connectivity index (χ1) is 11.1. The summed E-state index contributed by atoms with van der Waals surface area (Å²) in [5, 5.41) is 16.2. The first-order valence-electron chi connectivity index (χ1n) is 7.85. The van der Waals surface area contributed by atoms with Crippen LogP contribution in [0.4, 0.5) is 5.82 Å². The normalized spacial score (nSPS) is 17.2. The van der Waals surface area contributed by atoms with E-state index in [4.69, 9.17) is 10.8 Å². The van der Waals surface area contributed by atoms with Crippen LogP contribution >= 0.6 is 0 Å². The zero-order chi connectivity index (χ0) is 16.7. The molecule has 0 saturated carbocycles. The minimum absolute atomic E-state index is 0.112. The van der Waals surface area contributed by atoms with Gasteiger partial charge in [-0.3, -0.25) is 9.48 Å². The summed E-state index contributed by atoms with van der Waals surface area (Å²) in [6.07, 6.45) is 3.85. The van der Waals surface area contributed by atoms with Gasteiger partial charge in [-0.25, -0.2) is 0 Å². The lowest BCUT2D eigenvalue weighted by atomic mass is 10.0. The first-order valence-corrected chi connectivity index (χ1v) is 7.85. The summed E-state index contributed by atoms with van der Waals surface area (Å²) in [6.45, 7) is 1.10. The van der Waals surface area contributed by atoms with Gasteiger partial charge in [0.1, 0.15) is 5.82 Å². The smallest absolute Gasteiger partial charge is 0.307 e. The molecule has 1 aromatic carbocycles. The van der Waals surface area contributed by atoms with Crippen LogP contribution in [0.3, 0.4) is 0 Å². The highest BCUT2D eigenvalue weighted by Gasteiger charge is 2.17. The maximum Gasteiger partial charge on any atom is 0.307 e. The highest BCUT2D eigenvalue weighted by atomic mass is 16.4. The molecule has 1 unspecified atom stereocenters. The van der Waals surface area contributed by atoms with Crippen molar-refractivity contribution in [1.29, 1.82) is 0 Å². The average molecular weight is 316 g/mol. The van der Waals surface area contributed by atoms with Crippen LogP contribution in [-0.2, 0) is 18.3 Å². The van der Waals surface area contributed by atoms with Gasteiger partial charge in [-0.2, -0.15) is 5.10 Å². The molecule has 0 bridgehead atoms. The van der Waals surface area contributed by atoms with E-state index in [-0.39, 0.29) is 6.42 Å². The highest BCUT2D eigenvalue weighted by molar-refractivity contribution is 5.70. The number of nitrogens with two attached hydrogens (primary N) is 1. The third kappa shape index (κ3) is 5.41. The van der Waals surface area contributed by atoms with Crippen LogP contribution in [0.1, 0.15) is 36.6 Å². The van der Waals surface area contributed by atoms with E-state index < -0.39 is 5.97 Å². The van der Waals surface area contributed by atoms with Gasteiger partial charge >= 0.3 is 5.97 Å². The van der Waals surface area contributed by atoms with E-state index in [9.17, 15) is 4.79 Å². The molecule has 3 rings (SSSR count). The Bertz CT molecular complexity index is 599. The number of benzene rings is 1. The molecule has 0 spiro atoms. The number of carboxylic acid groups (broad SMARTS) is 1. The molecule has 2 heterocycles. The molecule has 1 atom stereocenters. The van der Waals surface area contributed by atoms with Gasteiger partial charge in [0.05, 0.1) is 18.2 Å². The first kappa shape index (κ1) is 17.0. The number of nitrogen functional groups attached to an aromatic ring is 1. The van der Waals surface area contributed by atoms with Crippen LogP contribution in [0.25, 0.3) is 0 Å². The fourth-order valence-electron chi connectivity index (χ4n) is 2.55. The van der Waals surface area contributed by atoms with Crippen molar-refractivity contribution in [3.05, 3.63) is 47.7 Å². The van der Waals surface area contributed by atoms with Crippen LogP contribution in [0.2, 0.25) is 0 Å². The van der Waals surface area contributed by atoms with Gasteiger partial charge in [0.15, 0.2) is 0 Å². The van der Waals surface area contributed by atoms with E-state index in [0.29, 0.717) is 6.04 Å². The van der Waals surface area contributed by atoms with Crippen molar-refractivity contribution < 1.29 is 9.90 Å². The molecular weight excluding hydrogens is 292 g/mol. The van der Waals surface area contributed by atoms with Crippen LogP contribution in [0.5, 0.6) is 0 Å². The number of anilines is 1. The highest BCUT2D eigenvalue weighted by Crippen LogP contribution is 2.22. The summed E-state index contributed by atoms with van der Waals surface area (Å²) in [5.74, 6) is -0.0476. The molecule has 124 valence electrons. The number of nitrogens with one attached hydrogen (secondary N) is 1. The van der Waals surface area contributed by atoms with Gasteiger partial charge in [0, 0.05) is 13.1 Å². The fourth-order valence-corrected chi connectivity index (χ4v) is 2.55. The van der Waals surface area contributed by atoms with Crippen molar-refractivity contribution >= 4 is 11.8 Å². The van der Waals surface area contributed by atoms with E-state index >= 15 is 0 Å². The van der Waals surface area contributed by atoms with E-state index in [0.717, 1.165) is 23.6 Å². The summed E-state index contributed by atoms with van der Waals surface area (Å²) >= 11 is 0. The van der Waals surface area contributed by atoms with Gasteiger partial charge in [-0.15, -0.1) is 0 Å². The Hall–Kier alpha value is -2.34. The van der Waals surface area contributed by atoms with Gasteiger partial charge < -0.3 is 16.2 Å². The number of aliphatic carboxylic acids is 1. The van der Waals surface area contributed by atoms with Crippen molar-refractivity contribution in [2.75, 3.05) is 12.3 Å². The Labute approximate surface area is 136 Å². The van der Waals surface area contributed by atoms with Crippen LogP contribution in [0, 0.1) is 0 Å². The number of carboxylic acids is 1. The number of piperidine rings is 1. The molecule has 1 aromatic heterocycles. The largest absolute Gasteiger partial charge is 0.481 e. The molecule has 1 fully saturated rings. The van der Waals surface area contributed by atoms with Crippen LogP contribution < -0.4 is 11.1 Å². The van der Waals surface area contributed by atoms with Crippen molar-refractivity contribution in [1.82, 2.24) is 15.1 Å². The molecule has 1 saturated heterocycles. The standard InChI is InChI=1S/C9H16N4.C8H8O2/c1-13-9(10)6-8(12-13)7-4-2-3-5-11-7;9-8(10)6-7-4-2-1-3-5-7/h6-7,11H,2-5,10H2,1H3;1-5H,6H2,(H,9,10). The maximum atomic E-state index is 10.2. The SMILES string of the molecule is Cn1nc(C2CCCCN2)cc1N.O=C(O)Cc1ccccc1. The summed E-state index contributed by atoms with van der Waals surface area (Å²) in [4.78, 5) is 10.2. The van der Waals surface area contributed by atoms with Crippen molar-refractivity contribution in [3.8, 4) is 0 Å². The van der Waals surface area contributed by atoms with E-state index in [1.807, 2.05) is 31.3 Å². The molecule has 4 N–H and O–H groups in total. The maximum absolute atomic E-state index is 10.2. The number of aromatic nitrogens is 2. The zero-order valence-electron chi connectivity index (χ0n) is 13.4. The van der Waals surface area contributed by atoms with E-state index in [1.54, 1.807) is 16.8 Å². The molecular formula is C17H24N4O2. The lowest BCUT2D eigenvalue weighted by Crippen LogP contribution is -2.27. The van der Waals surface area contributed by atoms with Gasteiger partial charge in [0.2, 0.25) is 0 Å². The fraction of sp³-hybridized carbons (Fsp3) is 0.412. The summed E-state index contributed by atoms with van der Waals surface area (Å²) in [5.41, 5.74) is 7.65. The molecule has 6 nitrogen and oxygen atoms in total. The number of aryl methyl sites for hydroxylation is 1. The molecule has 0 amide bonds. The predicted octanol–water partition coefficient (Wildman–Crippen LogP) is 2.13. The molecule has 0 aliphatic carbocycles. The third-order valence-electron chi connectivity index (χ3n) is 3.80. The Morgan fingerprint density at radius 3 is 2.65 bits per heavy atom.